The second-order valence-electron chi connectivity index (χ2n) is 5.61. The zero-order valence-corrected chi connectivity index (χ0v) is 15.8. The number of benzene rings is 2. The Morgan fingerprint density at radius 3 is 2.15 bits per heavy atom. The van der Waals surface area contributed by atoms with E-state index in [0.717, 1.165) is 6.07 Å². The fourth-order valence-corrected chi connectivity index (χ4v) is 2.87. The topological polar surface area (TPSA) is 17.1 Å². The van der Waals surface area contributed by atoms with E-state index in [1.54, 1.807) is 6.92 Å². The predicted molar refractivity (Wildman–Crippen MR) is 93.7 cm³/mol. The summed E-state index contributed by atoms with van der Waals surface area (Å²) >= 11 is 8.64. The number of halogens is 8. The molecule has 0 fully saturated rings. The molecule has 0 saturated heterocycles. The standard InChI is InChI=1S/C18H10BrClF6O/c1-9-2-3-10(6-15(9)20)16(27)8-14(18(24,25)26)11-4-12(17(21,22)23)7-13(19)5-11/h2-8H,1H3. The summed E-state index contributed by atoms with van der Waals surface area (Å²) in [5.74, 6) is -1.03. The first kappa shape index (κ1) is 21.5. The number of hydrogen-bond acceptors (Lipinski definition) is 1. The highest BCUT2D eigenvalue weighted by Crippen LogP contribution is 2.39. The van der Waals surface area contributed by atoms with E-state index in [4.69, 9.17) is 11.6 Å². The van der Waals surface area contributed by atoms with Gasteiger partial charge in [-0.15, -0.1) is 0 Å². The van der Waals surface area contributed by atoms with Crippen LogP contribution in [0.3, 0.4) is 0 Å². The third-order valence-electron chi connectivity index (χ3n) is 3.57. The van der Waals surface area contributed by atoms with Crippen LogP contribution in [0.15, 0.2) is 46.9 Å². The lowest BCUT2D eigenvalue weighted by atomic mass is 9.99. The quantitative estimate of drug-likeness (QED) is 0.262. The molecular formula is C18H10BrClF6O. The van der Waals surface area contributed by atoms with E-state index in [9.17, 15) is 31.1 Å². The molecule has 9 heteroatoms. The monoisotopic (exact) mass is 470 g/mol. The molecule has 2 aromatic rings. The Bertz CT molecular complexity index is 915. The van der Waals surface area contributed by atoms with Gasteiger partial charge in [0.05, 0.1) is 11.1 Å². The minimum absolute atomic E-state index is 0.113. The third-order valence-corrected chi connectivity index (χ3v) is 4.44. The molecule has 2 aromatic carbocycles. The van der Waals surface area contributed by atoms with Crippen LogP contribution in [0, 0.1) is 6.92 Å². The Balaban J connectivity index is 2.59. The molecule has 0 saturated carbocycles. The first-order valence-corrected chi connectivity index (χ1v) is 8.43. The number of aryl methyl sites for hydroxylation is 1. The van der Waals surface area contributed by atoms with Crippen LogP contribution in [-0.2, 0) is 6.18 Å². The minimum Gasteiger partial charge on any atom is -0.289 e. The molecule has 0 aliphatic rings. The molecule has 0 unspecified atom stereocenters. The normalized spacial score (nSPS) is 13.0. The van der Waals surface area contributed by atoms with Gasteiger partial charge >= 0.3 is 12.4 Å². The Morgan fingerprint density at radius 1 is 1.00 bits per heavy atom. The van der Waals surface area contributed by atoms with E-state index in [0.29, 0.717) is 17.7 Å². The zero-order chi connectivity index (χ0) is 20.6. The number of carbonyl (C=O) groups excluding carboxylic acids is 1. The highest BCUT2D eigenvalue weighted by molar-refractivity contribution is 9.10. The van der Waals surface area contributed by atoms with Gasteiger partial charge in [-0.1, -0.05) is 39.7 Å². The van der Waals surface area contributed by atoms with Gasteiger partial charge in [-0.25, -0.2) is 0 Å². The Morgan fingerprint density at radius 2 is 1.63 bits per heavy atom. The summed E-state index contributed by atoms with van der Waals surface area (Å²) in [4.78, 5) is 12.2. The fourth-order valence-electron chi connectivity index (χ4n) is 2.20. The smallest absolute Gasteiger partial charge is 0.289 e. The SMILES string of the molecule is Cc1ccc(C(=O)C=C(c2cc(Br)cc(C(F)(F)F)c2)C(F)(F)F)cc1Cl. The van der Waals surface area contributed by atoms with Crippen molar-refractivity contribution >= 4 is 38.9 Å². The summed E-state index contributed by atoms with van der Waals surface area (Å²) in [6.45, 7) is 1.65. The van der Waals surface area contributed by atoms with Crippen molar-refractivity contribution in [1.82, 2.24) is 0 Å². The van der Waals surface area contributed by atoms with Crippen LogP contribution in [-0.4, -0.2) is 12.0 Å². The number of carbonyl (C=O) groups is 1. The molecule has 1 nitrogen and oxygen atoms in total. The number of rotatable bonds is 3. The van der Waals surface area contributed by atoms with Crippen LogP contribution in [0.4, 0.5) is 26.3 Å². The second kappa shape index (κ2) is 7.67. The van der Waals surface area contributed by atoms with Crippen molar-refractivity contribution in [3.8, 4) is 0 Å². The van der Waals surface area contributed by atoms with Crippen molar-refractivity contribution in [2.75, 3.05) is 0 Å². The van der Waals surface area contributed by atoms with Crippen LogP contribution in [0.1, 0.15) is 27.0 Å². The lowest BCUT2D eigenvalue weighted by Gasteiger charge is -2.15. The summed E-state index contributed by atoms with van der Waals surface area (Å²) in [5, 5.41) is 0.185. The van der Waals surface area contributed by atoms with E-state index in [2.05, 4.69) is 15.9 Å². The average molecular weight is 472 g/mol. The molecule has 0 aromatic heterocycles. The number of ketones is 1. The molecule has 0 heterocycles. The van der Waals surface area contributed by atoms with E-state index in [1.807, 2.05) is 0 Å². The minimum atomic E-state index is -5.05. The maximum absolute atomic E-state index is 13.4. The highest BCUT2D eigenvalue weighted by atomic mass is 79.9. The van der Waals surface area contributed by atoms with Crippen molar-refractivity contribution in [3.05, 3.63) is 74.2 Å². The van der Waals surface area contributed by atoms with Gasteiger partial charge in [-0.3, -0.25) is 4.79 Å². The molecule has 0 spiro atoms. The summed E-state index contributed by atoms with van der Waals surface area (Å²) in [5.41, 5.74) is -3.03. The van der Waals surface area contributed by atoms with Gasteiger partial charge in [-0.2, -0.15) is 26.3 Å². The maximum Gasteiger partial charge on any atom is 0.417 e. The van der Waals surface area contributed by atoms with Gasteiger partial charge in [-0.05, 0) is 48.4 Å². The molecule has 0 amide bonds. The molecule has 0 radical (unpaired) electrons. The summed E-state index contributed by atoms with van der Waals surface area (Å²) in [6.07, 6.45) is -9.62. The van der Waals surface area contributed by atoms with Gasteiger partial charge in [0.2, 0.25) is 0 Å². The van der Waals surface area contributed by atoms with Crippen LogP contribution in [0.5, 0.6) is 0 Å². The molecule has 0 aliphatic heterocycles. The van der Waals surface area contributed by atoms with Crippen molar-refractivity contribution in [1.29, 1.82) is 0 Å². The first-order valence-electron chi connectivity index (χ1n) is 7.26. The maximum atomic E-state index is 13.4. The van der Waals surface area contributed by atoms with Gasteiger partial charge in [0.25, 0.3) is 0 Å². The Labute approximate surface area is 163 Å². The van der Waals surface area contributed by atoms with E-state index in [1.165, 1.54) is 18.2 Å². The largest absolute Gasteiger partial charge is 0.417 e. The molecule has 2 rings (SSSR count). The van der Waals surface area contributed by atoms with Crippen LogP contribution < -0.4 is 0 Å². The number of allylic oxidation sites excluding steroid dienone is 2. The van der Waals surface area contributed by atoms with E-state index >= 15 is 0 Å². The molecular weight excluding hydrogens is 462 g/mol. The number of hydrogen-bond donors (Lipinski definition) is 0. The zero-order valence-electron chi connectivity index (χ0n) is 13.5. The second-order valence-corrected chi connectivity index (χ2v) is 6.93. The van der Waals surface area contributed by atoms with Gasteiger partial charge in [0, 0.05) is 15.1 Å². The summed E-state index contributed by atoms with van der Waals surface area (Å²) in [6, 6.07) is 5.81. The van der Waals surface area contributed by atoms with E-state index in [-0.39, 0.29) is 21.1 Å². The summed E-state index contributed by atoms with van der Waals surface area (Å²) in [7, 11) is 0. The Hall–Kier alpha value is -1.80. The van der Waals surface area contributed by atoms with Crippen molar-refractivity contribution in [2.24, 2.45) is 0 Å². The molecule has 27 heavy (non-hydrogen) atoms. The van der Waals surface area contributed by atoms with Gasteiger partial charge in [0.15, 0.2) is 5.78 Å². The molecule has 0 N–H and O–H groups in total. The van der Waals surface area contributed by atoms with Crippen LogP contribution >= 0.6 is 27.5 Å². The van der Waals surface area contributed by atoms with Crippen molar-refractivity contribution in [3.63, 3.8) is 0 Å². The Kier molecular flexibility index (Phi) is 6.11. The lowest BCUT2D eigenvalue weighted by Crippen LogP contribution is -2.14. The first-order chi connectivity index (χ1) is 12.3. The molecule has 144 valence electrons. The summed E-state index contributed by atoms with van der Waals surface area (Å²) < 4.78 is 78.9. The van der Waals surface area contributed by atoms with Crippen LogP contribution in [0.2, 0.25) is 5.02 Å². The molecule has 0 atom stereocenters. The van der Waals surface area contributed by atoms with Gasteiger partial charge < -0.3 is 0 Å². The van der Waals surface area contributed by atoms with Crippen molar-refractivity contribution in [2.45, 2.75) is 19.3 Å². The van der Waals surface area contributed by atoms with Crippen molar-refractivity contribution < 1.29 is 31.1 Å². The predicted octanol–water partition coefficient (Wildman–Crippen LogP) is 7.26. The third kappa shape index (κ3) is 5.35. The fraction of sp³-hybridized carbons (Fsp3) is 0.167. The highest BCUT2D eigenvalue weighted by Gasteiger charge is 2.38. The molecule has 0 bridgehead atoms. The van der Waals surface area contributed by atoms with E-state index < -0.39 is 34.8 Å². The lowest BCUT2D eigenvalue weighted by molar-refractivity contribution is -0.137. The molecule has 0 aliphatic carbocycles. The van der Waals surface area contributed by atoms with Crippen LogP contribution in [0.25, 0.3) is 5.57 Å². The average Bonchev–Trinajstić information content (AvgIpc) is 2.52. The number of alkyl halides is 6. The van der Waals surface area contributed by atoms with Gasteiger partial charge in [0.1, 0.15) is 0 Å².